The van der Waals surface area contributed by atoms with E-state index >= 15 is 0 Å². The number of rotatable bonds is 4. The zero-order valence-electron chi connectivity index (χ0n) is 9.20. The number of likely N-dealkylation sites (tertiary alicyclic amines) is 1. The highest BCUT2D eigenvalue weighted by atomic mass is 32.1. The Balaban J connectivity index is 1.85. The van der Waals surface area contributed by atoms with Gasteiger partial charge < -0.3 is 10.0 Å². The quantitative estimate of drug-likeness (QED) is 0.862. The number of carboxylic acids is 1. The third-order valence-corrected chi connectivity index (χ3v) is 3.40. The lowest BCUT2D eigenvalue weighted by Gasteiger charge is -2.14. The van der Waals surface area contributed by atoms with Gasteiger partial charge in [0.05, 0.1) is 17.9 Å². The Kier molecular flexibility index (Phi) is 3.68. The van der Waals surface area contributed by atoms with E-state index in [4.69, 9.17) is 5.11 Å². The van der Waals surface area contributed by atoms with Crippen molar-refractivity contribution in [1.29, 1.82) is 0 Å². The maximum absolute atomic E-state index is 11.9. The molecule has 1 N–H and O–H groups in total. The largest absolute Gasteiger partial charge is 0.481 e. The summed E-state index contributed by atoms with van der Waals surface area (Å²) in [5.74, 6) is -0.586. The van der Waals surface area contributed by atoms with E-state index in [0.29, 0.717) is 31.1 Å². The summed E-state index contributed by atoms with van der Waals surface area (Å²) < 4.78 is 7.70. The average Bonchev–Trinajstić information content (AvgIpc) is 2.97. The standard InChI is InChI=1S/C10H13N3O3S/c14-9(15)2-1-7-3-4-13(6-7)10(16)8-5-11-17-12-8/h5,7H,1-4,6H2,(H,14,15). The highest BCUT2D eigenvalue weighted by Crippen LogP contribution is 2.22. The topological polar surface area (TPSA) is 83.4 Å². The highest BCUT2D eigenvalue weighted by Gasteiger charge is 2.28. The molecule has 0 saturated carbocycles. The van der Waals surface area contributed by atoms with Crippen LogP contribution in [0.3, 0.4) is 0 Å². The lowest BCUT2D eigenvalue weighted by molar-refractivity contribution is -0.137. The number of hydrogen-bond acceptors (Lipinski definition) is 5. The van der Waals surface area contributed by atoms with E-state index in [1.165, 1.54) is 6.20 Å². The van der Waals surface area contributed by atoms with E-state index in [1.807, 2.05) is 0 Å². The molecular formula is C10H13N3O3S. The van der Waals surface area contributed by atoms with Gasteiger partial charge in [0.1, 0.15) is 0 Å². The number of hydrogen-bond donors (Lipinski definition) is 1. The predicted octanol–water partition coefficient (Wildman–Crippen LogP) is 0.865. The molecule has 92 valence electrons. The summed E-state index contributed by atoms with van der Waals surface area (Å²) in [6.45, 7) is 1.31. The van der Waals surface area contributed by atoms with E-state index in [1.54, 1.807) is 4.90 Å². The maximum Gasteiger partial charge on any atom is 0.303 e. The van der Waals surface area contributed by atoms with Gasteiger partial charge in [0, 0.05) is 19.5 Å². The van der Waals surface area contributed by atoms with Gasteiger partial charge >= 0.3 is 5.97 Å². The first-order valence-electron chi connectivity index (χ1n) is 5.45. The summed E-state index contributed by atoms with van der Waals surface area (Å²) in [7, 11) is 0. The number of carbonyl (C=O) groups excluding carboxylic acids is 1. The zero-order chi connectivity index (χ0) is 12.3. The number of aliphatic carboxylic acids is 1. The van der Waals surface area contributed by atoms with Crippen molar-refractivity contribution < 1.29 is 14.7 Å². The minimum atomic E-state index is -0.779. The summed E-state index contributed by atoms with van der Waals surface area (Å²) in [6.07, 6.45) is 3.15. The molecule has 1 unspecified atom stereocenters. The van der Waals surface area contributed by atoms with Gasteiger partial charge in [-0.3, -0.25) is 9.59 Å². The lowest BCUT2D eigenvalue weighted by Crippen LogP contribution is -2.28. The Labute approximate surface area is 103 Å². The molecule has 1 saturated heterocycles. The molecule has 1 aliphatic rings. The van der Waals surface area contributed by atoms with E-state index < -0.39 is 5.97 Å². The Morgan fingerprint density at radius 2 is 2.41 bits per heavy atom. The number of carboxylic acid groups (broad SMARTS) is 1. The minimum Gasteiger partial charge on any atom is -0.481 e. The van der Waals surface area contributed by atoms with Gasteiger partial charge in [-0.1, -0.05) is 0 Å². The number of amides is 1. The van der Waals surface area contributed by atoms with Crippen molar-refractivity contribution in [3.8, 4) is 0 Å². The predicted molar refractivity (Wildman–Crippen MR) is 60.8 cm³/mol. The molecule has 1 fully saturated rings. The van der Waals surface area contributed by atoms with Crippen molar-refractivity contribution in [3.63, 3.8) is 0 Å². The summed E-state index contributed by atoms with van der Waals surface area (Å²) in [4.78, 5) is 24.1. The van der Waals surface area contributed by atoms with Crippen LogP contribution in [0.5, 0.6) is 0 Å². The molecule has 6 nitrogen and oxygen atoms in total. The third-order valence-electron chi connectivity index (χ3n) is 2.92. The van der Waals surface area contributed by atoms with Crippen LogP contribution in [-0.4, -0.2) is 43.7 Å². The van der Waals surface area contributed by atoms with Crippen molar-refractivity contribution in [3.05, 3.63) is 11.9 Å². The summed E-state index contributed by atoms with van der Waals surface area (Å²) in [5.41, 5.74) is 0.383. The van der Waals surface area contributed by atoms with Crippen LogP contribution in [0, 0.1) is 5.92 Å². The number of nitrogens with zero attached hydrogens (tertiary/aromatic N) is 3. The fourth-order valence-electron chi connectivity index (χ4n) is 2.00. The summed E-state index contributed by atoms with van der Waals surface area (Å²) >= 11 is 1.02. The van der Waals surface area contributed by atoms with Crippen LogP contribution in [-0.2, 0) is 4.79 Å². The molecule has 17 heavy (non-hydrogen) atoms. The van der Waals surface area contributed by atoms with Crippen molar-refractivity contribution in [2.75, 3.05) is 13.1 Å². The summed E-state index contributed by atoms with van der Waals surface area (Å²) in [6, 6.07) is 0. The van der Waals surface area contributed by atoms with Gasteiger partial charge in [0.2, 0.25) is 0 Å². The molecule has 7 heteroatoms. The van der Waals surface area contributed by atoms with Crippen LogP contribution in [0.2, 0.25) is 0 Å². The Bertz CT molecular complexity index is 407. The number of aromatic nitrogens is 2. The SMILES string of the molecule is O=C(O)CCC1CCN(C(=O)c2cnsn2)C1. The Hall–Kier alpha value is -1.50. The molecule has 0 aromatic carbocycles. The highest BCUT2D eigenvalue weighted by molar-refractivity contribution is 6.99. The molecule has 1 aromatic rings. The molecule has 0 radical (unpaired) electrons. The van der Waals surface area contributed by atoms with Gasteiger partial charge in [-0.05, 0) is 18.8 Å². The average molecular weight is 255 g/mol. The fourth-order valence-corrected chi connectivity index (χ4v) is 2.41. The van der Waals surface area contributed by atoms with Crippen molar-refractivity contribution in [2.24, 2.45) is 5.92 Å². The monoisotopic (exact) mass is 255 g/mol. The van der Waals surface area contributed by atoms with Crippen LogP contribution >= 0.6 is 11.7 Å². The molecule has 1 aliphatic heterocycles. The molecule has 0 aliphatic carbocycles. The Morgan fingerprint density at radius 3 is 3.06 bits per heavy atom. The molecule has 0 bridgehead atoms. The molecular weight excluding hydrogens is 242 g/mol. The smallest absolute Gasteiger partial charge is 0.303 e. The third kappa shape index (κ3) is 3.00. The molecule has 0 spiro atoms. The van der Waals surface area contributed by atoms with Gasteiger partial charge in [-0.25, -0.2) is 0 Å². The molecule has 2 rings (SSSR count). The second-order valence-electron chi connectivity index (χ2n) is 4.13. The first-order chi connectivity index (χ1) is 8.16. The van der Waals surface area contributed by atoms with Crippen LogP contribution in [0.15, 0.2) is 6.20 Å². The second kappa shape index (κ2) is 5.22. The van der Waals surface area contributed by atoms with Crippen LogP contribution in [0.25, 0.3) is 0 Å². The van der Waals surface area contributed by atoms with Crippen LogP contribution < -0.4 is 0 Å². The fraction of sp³-hybridized carbons (Fsp3) is 0.600. The normalized spacial score (nSPS) is 19.5. The van der Waals surface area contributed by atoms with Crippen LogP contribution in [0.4, 0.5) is 0 Å². The molecule has 1 aromatic heterocycles. The second-order valence-corrected chi connectivity index (χ2v) is 4.69. The van der Waals surface area contributed by atoms with E-state index in [2.05, 4.69) is 8.75 Å². The van der Waals surface area contributed by atoms with Gasteiger partial charge in [-0.15, -0.1) is 0 Å². The molecule has 2 heterocycles. The van der Waals surface area contributed by atoms with Gasteiger partial charge in [0.25, 0.3) is 5.91 Å². The maximum atomic E-state index is 11.9. The number of carbonyl (C=O) groups is 2. The van der Waals surface area contributed by atoms with E-state index in [9.17, 15) is 9.59 Å². The lowest BCUT2D eigenvalue weighted by atomic mass is 10.0. The molecule has 1 atom stereocenters. The summed E-state index contributed by atoms with van der Waals surface area (Å²) in [5, 5.41) is 8.60. The van der Waals surface area contributed by atoms with Crippen molar-refractivity contribution >= 4 is 23.6 Å². The van der Waals surface area contributed by atoms with Crippen LogP contribution in [0.1, 0.15) is 29.8 Å². The van der Waals surface area contributed by atoms with E-state index in [-0.39, 0.29) is 12.3 Å². The van der Waals surface area contributed by atoms with Gasteiger partial charge in [-0.2, -0.15) is 8.75 Å². The first kappa shape index (κ1) is 12.0. The minimum absolute atomic E-state index is 0.100. The van der Waals surface area contributed by atoms with Crippen molar-refractivity contribution in [1.82, 2.24) is 13.6 Å². The molecule has 1 amide bonds. The first-order valence-corrected chi connectivity index (χ1v) is 6.18. The van der Waals surface area contributed by atoms with Gasteiger partial charge in [0.15, 0.2) is 5.69 Å². The Morgan fingerprint density at radius 1 is 1.59 bits per heavy atom. The van der Waals surface area contributed by atoms with E-state index in [0.717, 1.165) is 18.1 Å². The zero-order valence-corrected chi connectivity index (χ0v) is 10.0. The van der Waals surface area contributed by atoms with Crippen molar-refractivity contribution in [2.45, 2.75) is 19.3 Å².